The number of nitrogens with zero attached hydrogens (tertiary/aromatic N) is 3. The summed E-state index contributed by atoms with van der Waals surface area (Å²) < 4.78 is 3.50. The molecule has 2 aromatic heterocycles. The van der Waals surface area contributed by atoms with Crippen molar-refractivity contribution in [1.82, 2.24) is 19.6 Å². The first-order chi connectivity index (χ1) is 14.6. The first-order valence-electron chi connectivity index (χ1n) is 9.83. The van der Waals surface area contributed by atoms with E-state index >= 15 is 0 Å². The monoisotopic (exact) mass is 399 g/mol. The number of aromatic amines is 1. The first-order valence-corrected chi connectivity index (χ1v) is 9.83. The Hall–Kier alpha value is -3.87. The van der Waals surface area contributed by atoms with Gasteiger partial charge in [0, 0.05) is 36.2 Å². The van der Waals surface area contributed by atoms with Crippen molar-refractivity contribution < 1.29 is 4.79 Å². The van der Waals surface area contributed by atoms with Gasteiger partial charge in [0.15, 0.2) is 5.82 Å². The summed E-state index contributed by atoms with van der Waals surface area (Å²) in [4.78, 5) is 26.0. The molecular weight excluding hydrogens is 378 g/mol. The molecule has 2 N–H and O–H groups in total. The van der Waals surface area contributed by atoms with Gasteiger partial charge >= 0.3 is 0 Å². The SMILES string of the molecule is Cc1c([C@@H]2CC(=O)Nc3n[nH]c(-c4ccccc4)c32)c(=O)n(-c2ccccc2)n1C. The number of aromatic nitrogens is 4. The van der Waals surface area contributed by atoms with Crippen LogP contribution in [0.1, 0.15) is 29.2 Å². The van der Waals surface area contributed by atoms with E-state index in [-0.39, 0.29) is 23.8 Å². The van der Waals surface area contributed by atoms with Gasteiger partial charge in [-0.25, -0.2) is 4.68 Å². The highest BCUT2D eigenvalue weighted by Gasteiger charge is 2.36. The highest BCUT2D eigenvalue weighted by atomic mass is 16.2. The second-order valence-corrected chi connectivity index (χ2v) is 7.51. The van der Waals surface area contributed by atoms with E-state index < -0.39 is 0 Å². The Morgan fingerprint density at radius 3 is 2.33 bits per heavy atom. The number of anilines is 1. The van der Waals surface area contributed by atoms with Gasteiger partial charge in [0.05, 0.1) is 11.4 Å². The second-order valence-electron chi connectivity index (χ2n) is 7.51. The number of para-hydroxylation sites is 1. The molecule has 1 aliphatic rings. The van der Waals surface area contributed by atoms with Crippen molar-refractivity contribution in [2.45, 2.75) is 19.3 Å². The van der Waals surface area contributed by atoms with Crippen LogP contribution >= 0.6 is 0 Å². The molecule has 7 heteroatoms. The maximum Gasteiger partial charge on any atom is 0.275 e. The van der Waals surface area contributed by atoms with E-state index in [1.54, 1.807) is 4.68 Å². The molecule has 0 aliphatic carbocycles. The molecule has 0 saturated carbocycles. The number of hydrogen-bond acceptors (Lipinski definition) is 3. The Morgan fingerprint density at radius 2 is 1.63 bits per heavy atom. The maximum atomic E-state index is 13.6. The molecule has 4 aromatic rings. The summed E-state index contributed by atoms with van der Waals surface area (Å²) in [5.41, 5.74) is 4.76. The second kappa shape index (κ2) is 6.88. The van der Waals surface area contributed by atoms with Crippen LogP contribution in [0, 0.1) is 6.92 Å². The molecule has 30 heavy (non-hydrogen) atoms. The molecule has 3 heterocycles. The summed E-state index contributed by atoms with van der Waals surface area (Å²) in [5, 5.41) is 10.2. The number of rotatable bonds is 3. The molecule has 0 fully saturated rings. The summed E-state index contributed by atoms with van der Waals surface area (Å²) >= 11 is 0. The number of benzene rings is 2. The lowest BCUT2D eigenvalue weighted by molar-refractivity contribution is -0.116. The van der Waals surface area contributed by atoms with Crippen LogP contribution in [-0.2, 0) is 11.8 Å². The van der Waals surface area contributed by atoms with Gasteiger partial charge < -0.3 is 5.32 Å². The molecule has 0 unspecified atom stereocenters. The standard InChI is InChI=1S/C23H21N5O2/c1-14-19(23(30)28(27(14)2)16-11-7-4-8-12-16)17-13-18(29)24-22-20(17)21(25-26-22)15-9-5-3-6-10-15/h3-12,17H,13H2,1-2H3,(H2,24,25,26,29)/t17-/m0/s1. The van der Waals surface area contributed by atoms with Crippen molar-refractivity contribution in [2.24, 2.45) is 7.05 Å². The van der Waals surface area contributed by atoms with Crippen LogP contribution in [0.25, 0.3) is 16.9 Å². The van der Waals surface area contributed by atoms with Gasteiger partial charge in [0.25, 0.3) is 5.56 Å². The van der Waals surface area contributed by atoms with Gasteiger partial charge in [0.1, 0.15) is 0 Å². The lowest BCUT2D eigenvalue weighted by Gasteiger charge is -2.22. The maximum absolute atomic E-state index is 13.6. The van der Waals surface area contributed by atoms with E-state index in [1.165, 1.54) is 0 Å². The zero-order chi connectivity index (χ0) is 20.8. The lowest BCUT2D eigenvalue weighted by Crippen LogP contribution is -2.28. The van der Waals surface area contributed by atoms with E-state index in [1.807, 2.05) is 79.3 Å². The molecule has 0 saturated heterocycles. The summed E-state index contributed by atoms with van der Waals surface area (Å²) in [5.74, 6) is -0.0390. The third kappa shape index (κ3) is 2.70. The van der Waals surface area contributed by atoms with E-state index in [0.717, 1.165) is 28.2 Å². The fraction of sp³-hybridized carbons (Fsp3) is 0.174. The van der Waals surface area contributed by atoms with Crippen LogP contribution in [0.2, 0.25) is 0 Å². The molecule has 5 rings (SSSR count). The van der Waals surface area contributed by atoms with E-state index in [2.05, 4.69) is 15.5 Å². The highest BCUT2D eigenvalue weighted by Crippen LogP contribution is 2.41. The van der Waals surface area contributed by atoms with Crippen molar-refractivity contribution in [3.8, 4) is 16.9 Å². The highest BCUT2D eigenvalue weighted by molar-refractivity contribution is 5.96. The van der Waals surface area contributed by atoms with Gasteiger partial charge in [0.2, 0.25) is 5.91 Å². The van der Waals surface area contributed by atoms with Crippen molar-refractivity contribution in [1.29, 1.82) is 0 Å². The van der Waals surface area contributed by atoms with E-state index in [9.17, 15) is 9.59 Å². The quantitative estimate of drug-likeness (QED) is 0.554. The van der Waals surface area contributed by atoms with E-state index in [4.69, 9.17) is 0 Å². The van der Waals surface area contributed by atoms with Gasteiger partial charge in [-0.05, 0) is 24.6 Å². The van der Waals surface area contributed by atoms with Crippen molar-refractivity contribution in [2.75, 3.05) is 5.32 Å². The summed E-state index contributed by atoms with van der Waals surface area (Å²) in [6, 6.07) is 19.4. The normalized spacial score (nSPS) is 15.7. The molecule has 1 amide bonds. The van der Waals surface area contributed by atoms with Crippen LogP contribution in [0.4, 0.5) is 5.82 Å². The molecule has 0 spiro atoms. The Kier molecular flexibility index (Phi) is 4.17. The van der Waals surface area contributed by atoms with Crippen LogP contribution in [0.3, 0.4) is 0 Å². The molecule has 2 aromatic carbocycles. The first kappa shape index (κ1) is 18.2. The molecule has 0 radical (unpaired) electrons. The Bertz CT molecular complexity index is 1300. The third-order valence-electron chi connectivity index (χ3n) is 5.81. The minimum absolute atomic E-state index is 0.118. The Balaban J connectivity index is 1.73. The fourth-order valence-corrected chi connectivity index (χ4v) is 4.32. The third-order valence-corrected chi connectivity index (χ3v) is 5.81. The number of H-pyrrole nitrogens is 1. The van der Waals surface area contributed by atoms with Crippen LogP contribution < -0.4 is 10.9 Å². The van der Waals surface area contributed by atoms with Gasteiger partial charge in [-0.2, -0.15) is 5.10 Å². The molecule has 150 valence electrons. The number of carbonyl (C=O) groups excluding carboxylic acids is 1. The smallest absolute Gasteiger partial charge is 0.275 e. The lowest BCUT2D eigenvalue weighted by atomic mass is 9.84. The predicted octanol–water partition coefficient (Wildman–Crippen LogP) is 3.35. The zero-order valence-corrected chi connectivity index (χ0v) is 16.7. The molecule has 1 atom stereocenters. The molecule has 1 aliphatic heterocycles. The van der Waals surface area contributed by atoms with Crippen molar-refractivity contribution in [3.05, 3.63) is 87.8 Å². The average Bonchev–Trinajstić information content (AvgIpc) is 3.27. The fourth-order valence-electron chi connectivity index (χ4n) is 4.32. The predicted molar refractivity (Wildman–Crippen MR) is 115 cm³/mol. The molecular formula is C23H21N5O2. The minimum atomic E-state index is -0.383. The van der Waals surface area contributed by atoms with Crippen molar-refractivity contribution >= 4 is 11.7 Å². The number of amides is 1. The molecule has 0 bridgehead atoms. The Morgan fingerprint density at radius 1 is 0.967 bits per heavy atom. The number of hydrogen-bond donors (Lipinski definition) is 2. The van der Waals surface area contributed by atoms with Crippen LogP contribution in [-0.4, -0.2) is 25.5 Å². The summed E-state index contributed by atoms with van der Waals surface area (Å²) in [6.45, 7) is 1.92. The Labute approximate surface area is 173 Å². The van der Waals surface area contributed by atoms with Gasteiger partial charge in [-0.15, -0.1) is 0 Å². The average molecular weight is 399 g/mol. The van der Waals surface area contributed by atoms with Crippen molar-refractivity contribution in [3.63, 3.8) is 0 Å². The topological polar surface area (TPSA) is 84.7 Å². The van der Waals surface area contributed by atoms with E-state index in [0.29, 0.717) is 11.4 Å². The number of nitrogens with one attached hydrogen (secondary N) is 2. The molecule has 7 nitrogen and oxygen atoms in total. The summed E-state index contributed by atoms with van der Waals surface area (Å²) in [6.07, 6.45) is 0.196. The zero-order valence-electron chi connectivity index (χ0n) is 16.7. The largest absolute Gasteiger partial charge is 0.309 e. The number of fused-ring (bicyclic) bond motifs is 1. The van der Waals surface area contributed by atoms with Crippen LogP contribution in [0.15, 0.2) is 65.5 Å². The van der Waals surface area contributed by atoms with Gasteiger partial charge in [-0.3, -0.25) is 19.4 Å². The summed E-state index contributed by atoms with van der Waals surface area (Å²) in [7, 11) is 1.87. The van der Waals surface area contributed by atoms with Gasteiger partial charge in [-0.1, -0.05) is 48.5 Å². The van der Waals surface area contributed by atoms with Crippen LogP contribution in [0.5, 0.6) is 0 Å². The minimum Gasteiger partial charge on any atom is -0.309 e. The number of carbonyl (C=O) groups is 1.